The number of aryl methyl sites for hydroxylation is 1. The maximum absolute atomic E-state index is 11.3. The van der Waals surface area contributed by atoms with Crippen LogP contribution < -0.4 is 5.32 Å². The lowest BCUT2D eigenvalue weighted by atomic mass is 10.0. The van der Waals surface area contributed by atoms with Crippen molar-refractivity contribution in [3.8, 4) is 0 Å². The summed E-state index contributed by atoms with van der Waals surface area (Å²) in [5.41, 5.74) is 3.78. The summed E-state index contributed by atoms with van der Waals surface area (Å²) in [6, 6.07) is 18.9. The third-order valence-electron chi connectivity index (χ3n) is 5.21. The van der Waals surface area contributed by atoms with E-state index in [-0.39, 0.29) is 5.92 Å². The second-order valence-corrected chi connectivity index (χ2v) is 8.68. The number of hydrogen-bond donors (Lipinski definition) is 2. The molecule has 3 nitrogen and oxygen atoms in total. The Bertz CT molecular complexity index is 673. The highest BCUT2D eigenvalue weighted by Gasteiger charge is 2.22. The van der Waals surface area contributed by atoms with Crippen LogP contribution in [0.15, 0.2) is 54.6 Å². The maximum atomic E-state index is 11.3. The summed E-state index contributed by atoms with van der Waals surface area (Å²) < 4.78 is 11.3. The highest BCUT2D eigenvalue weighted by Crippen LogP contribution is 2.26. The van der Waals surface area contributed by atoms with Crippen molar-refractivity contribution in [3.05, 3.63) is 71.3 Å². The summed E-state index contributed by atoms with van der Waals surface area (Å²) in [6.45, 7) is 3.74. The van der Waals surface area contributed by atoms with E-state index in [1.807, 2.05) is 30.3 Å². The van der Waals surface area contributed by atoms with Crippen LogP contribution in [0.25, 0.3) is 0 Å². The average molecular weight is 401 g/mol. The van der Waals surface area contributed by atoms with Gasteiger partial charge in [0.1, 0.15) is 0 Å². The Labute approximate surface area is 171 Å². The Hall–Kier alpha value is -1.54. The van der Waals surface area contributed by atoms with Crippen LogP contribution in [-0.4, -0.2) is 17.6 Å². The molecule has 152 valence electrons. The molecule has 0 amide bonds. The minimum Gasteiger partial charge on any atom is -0.312 e. The molecule has 2 unspecified atom stereocenters. The minimum absolute atomic E-state index is 0.0572. The standard InChI is InChI=1S/C24H34NO2P/c1-2-3-4-5-6-8-11-21-14-16-22(17-15-21)18-25-19-24(20-28(26)27)23-12-9-7-10-13-23/h7,9-10,12-17,24-25H,2-6,8,11,18-20H2,1H3/p+1. The molecule has 0 saturated heterocycles. The summed E-state index contributed by atoms with van der Waals surface area (Å²) in [6.07, 6.45) is 9.47. The van der Waals surface area contributed by atoms with Crippen molar-refractivity contribution in [1.29, 1.82) is 0 Å². The molecule has 0 aromatic heterocycles. The first kappa shape index (κ1) is 22.7. The monoisotopic (exact) mass is 400 g/mol. The lowest BCUT2D eigenvalue weighted by Crippen LogP contribution is -2.22. The molecule has 2 aromatic rings. The van der Waals surface area contributed by atoms with Crippen LogP contribution in [0.5, 0.6) is 0 Å². The fourth-order valence-corrected chi connectivity index (χ4v) is 4.24. The molecule has 0 heterocycles. The first-order chi connectivity index (χ1) is 13.7. The van der Waals surface area contributed by atoms with Crippen LogP contribution in [0, 0.1) is 0 Å². The SMILES string of the molecule is CCCCCCCCc1ccc(CNCC(C[P+](=O)O)c2ccccc2)cc1. The van der Waals surface area contributed by atoms with E-state index in [0.29, 0.717) is 12.7 Å². The zero-order valence-corrected chi connectivity index (χ0v) is 18.0. The summed E-state index contributed by atoms with van der Waals surface area (Å²) in [5.74, 6) is 0.0572. The molecule has 0 aliphatic heterocycles. The first-order valence-corrected chi connectivity index (χ1v) is 12.1. The van der Waals surface area contributed by atoms with E-state index >= 15 is 0 Å². The molecule has 0 bridgehead atoms. The Balaban J connectivity index is 1.73. The Morgan fingerprint density at radius 2 is 1.54 bits per heavy atom. The van der Waals surface area contributed by atoms with Crippen molar-refractivity contribution in [2.45, 2.75) is 64.3 Å². The van der Waals surface area contributed by atoms with Gasteiger partial charge in [-0.25, -0.2) is 0 Å². The van der Waals surface area contributed by atoms with Crippen LogP contribution in [0.2, 0.25) is 0 Å². The number of unbranched alkanes of at least 4 members (excludes halogenated alkanes) is 5. The smallest absolute Gasteiger partial charge is 0.312 e. The summed E-state index contributed by atoms with van der Waals surface area (Å²) in [5, 5.41) is 3.46. The van der Waals surface area contributed by atoms with Crippen molar-refractivity contribution < 1.29 is 9.46 Å². The maximum Gasteiger partial charge on any atom is 0.506 e. The summed E-state index contributed by atoms with van der Waals surface area (Å²) in [7, 11) is -2.14. The molecule has 28 heavy (non-hydrogen) atoms. The van der Waals surface area contributed by atoms with Crippen molar-refractivity contribution in [2.75, 3.05) is 12.7 Å². The number of rotatable bonds is 14. The number of hydrogen-bond acceptors (Lipinski definition) is 2. The fourth-order valence-electron chi connectivity index (χ4n) is 3.53. The van der Waals surface area contributed by atoms with Crippen LogP contribution in [0.1, 0.15) is 68.1 Å². The third-order valence-corrected chi connectivity index (χ3v) is 5.96. The van der Waals surface area contributed by atoms with Gasteiger partial charge in [-0.05, 0) is 34.1 Å². The molecule has 2 aromatic carbocycles. The van der Waals surface area contributed by atoms with Gasteiger partial charge in [0.2, 0.25) is 0 Å². The van der Waals surface area contributed by atoms with Gasteiger partial charge in [-0.1, -0.05) is 93.6 Å². The van der Waals surface area contributed by atoms with E-state index in [0.717, 1.165) is 12.1 Å². The van der Waals surface area contributed by atoms with E-state index in [1.54, 1.807) is 0 Å². The van der Waals surface area contributed by atoms with Gasteiger partial charge < -0.3 is 5.32 Å². The van der Waals surface area contributed by atoms with Gasteiger partial charge in [0.05, 0.1) is 0 Å². The molecule has 0 saturated carbocycles. The number of benzene rings is 2. The van der Waals surface area contributed by atoms with Crippen molar-refractivity contribution >= 4 is 8.03 Å². The fraction of sp³-hybridized carbons (Fsp3) is 0.500. The molecule has 2 atom stereocenters. The van der Waals surface area contributed by atoms with Crippen LogP contribution in [0.3, 0.4) is 0 Å². The predicted octanol–water partition coefficient (Wildman–Crippen LogP) is 6.20. The van der Waals surface area contributed by atoms with Gasteiger partial charge in [-0.2, -0.15) is 4.89 Å². The van der Waals surface area contributed by atoms with Gasteiger partial charge in [0.15, 0.2) is 6.16 Å². The quantitative estimate of drug-likeness (QED) is 0.293. The van der Waals surface area contributed by atoms with E-state index in [9.17, 15) is 9.46 Å². The van der Waals surface area contributed by atoms with Crippen LogP contribution in [0.4, 0.5) is 0 Å². The highest BCUT2D eigenvalue weighted by atomic mass is 31.1. The van der Waals surface area contributed by atoms with E-state index in [1.165, 1.54) is 56.1 Å². The summed E-state index contributed by atoms with van der Waals surface area (Å²) >= 11 is 0. The van der Waals surface area contributed by atoms with Crippen LogP contribution in [-0.2, 0) is 17.5 Å². The zero-order chi connectivity index (χ0) is 20.0. The molecule has 0 fully saturated rings. The number of nitrogens with one attached hydrogen (secondary N) is 1. The first-order valence-electron chi connectivity index (χ1n) is 10.7. The second-order valence-electron chi connectivity index (χ2n) is 7.61. The van der Waals surface area contributed by atoms with E-state index in [2.05, 4.69) is 36.5 Å². The molecular formula is C24H35NO2P+. The van der Waals surface area contributed by atoms with Crippen molar-refractivity contribution in [1.82, 2.24) is 5.32 Å². The molecule has 0 aliphatic carbocycles. The third kappa shape index (κ3) is 9.10. The Morgan fingerprint density at radius 3 is 2.21 bits per heavy atom. The van der Waals surface area contributed by atoms with Crippen molar-refractivity contribution in [3.63, 3.8) is 0 Å². The van der Waals surface area contributed by atoms with E-state index < -0.39 is 8.03 Å². The van der Waals surface area contributed by atoms with Gasteiger partial charge in [-0.3, -0.25) is 0 Å². The van der Waals surface area contributed by atoms with Gasteiger partial charge >= 0.3 is 8.03 Å². The average Bonchev–Trinajstić information content (AvgIpc) is 2.71. The zero-order valence-electron chi connectivity index (χ0n) is 17.1. The Morgan fingerprint density at radius 1 is 0.893 bits per heavy atom. The molecule has 0 spiro atoms. The largest absolute Gasteiger partial charge is 0.506 e. The van der Waals surface area contributed by atoms with Gasteiger partial charge in [-0.15, -0.1) is 0 Å². The molecular weight excluding hydrogens is 365 g/mol. The molecule has 2 rings (SSSR count). The highest BCUT2D eigenvalue weighted by molar-refractivity contribution is 7.38. The second kappa shape index (κ2) is 13.6. The Kier molecular flexibility index (Phi) is 11.1. The van der Waals surface area contributed by atoms with Gasteiger partial charge in [0, 0.05) is 19.0 Å². The van der Waals surface area contributed by atoms with Crippen LogP contribution >= 0.6 is 8.03 Å². The molecule has 4 heteroatoms. The predicted molar refractivity (Wildman–Crippen MR) is 119 cm³/mol. The lowest BCUT2D eigenvalue weighted by molar-refractivity contribution is 0.493. The van der Waals surface area contributed by atoms with Gasteiger partial charge in [0.25, 0.3) is 0 Å². The minimum atomic E-state index is -2.14. The molecule has 0 aliphatic rings. The molecule has 0 radical (unpaired) electrons. The topological polar surface area (TPSA) is 49.3 Å². The normalized spacial score (nSPS) is 12.7. The summed E-state index contributed by atoms with van der Waals surface area (Å²) in [4.78, 5) is 9.34. The van der Waals surface area contributed by atoms with Crippen molar-refractivity contribution in [2.24, 2.45) is 0 Å². The molecule has 2 N–H and O–H groups in total. The van der Waals surface area contributed by atoms with E-state index in [4.69, 9.17) is 0 Å². The lowest BCUT2D eigenvalue weighted by Gasteiger charge is -2.13.